The second-order valence-electron chi connectivity index (χ2n) is 3.41. The first-order chi connectivity index (χ1) is 7.70. The minimum atomic E-state index is 0.852. The number of anilines is 1. The Morgan fingerprint density at radius 3 is 2.50 bits per heavy atom. The number of methoxy groups -OCH3 is 1. The van der Waals surface area contributed by atoms with E-state index in [0.29, 0.717) is 0 Å². The van der Waals surface area contributed by atoms with Gasteiger partial charge in [-0.15, -0.1) is 0 Å². The Balaban J connectivity index is 2.30. The van der Waals surface area contributed by atoms with Crippen LogP contribution >= 0.6 is 15.9 Å². The van der Waals surface area contributed by atoms with Crippen LogP contribution < -0.4 is 9.64 Å². The fraction of sp³-hybridized carbons (Fsp3) is 0.0769. The number of hydrogen-bond acceptors (Lipinski definition) is 2. The molecule has 0 spiro atoms. The van der Waals surface area contributed by atoms with Crippen LogP contribution in [0.1, 0.15) is 0 Å². The molecule has 1 heterocycles. The molecule has 0 aromatic heterocycles. The van der Waals surface area contributed by atoms with Crippen LogP contribution in [0.25, 0.3) is 0 Å². The maximum atomic E-state index is 5.12. The summed E-state index contributed by atoms with van der Waals surface area (Å²) < 4.78 is 6.15. The van der Waals surface area contributed by atoms with Crippen LogP contribution in [0.3, 0.4) is 0 Å². The lowest BCUT2D eigenvalue weighted by Crippen LogP contribution is -2.15. The van der Waals surface area contributed by atoms with Crippen LogP contribution in [0.5, 0.6) is 5.75 Å². The van der Waals surface area contributed by atoms with E-state index in [1.54, 1.807) is 7.11 Å². The molecular weight excluding hydrogens is 266 g/mol. The molecule has 16 heavy (non-hydrogen) atoms. The van der Waals surface area contributed by atoms with Gasteiger partial charge in [0.25, 0.3) is 0 Å². The number of rotatable bonds is 2. The third kappa shape index (κ3) is 2.19. The van der Waals surface area contributed by atoms with Crippen LogP contribution in [-0.2, 0) is 0 Å². The molecule has 0 atom stereocenters. The second kappa shape index (κ2) is 4.58. The largest absolute Gasteiger partial charge is 0.497 e. The van der Waals surface area contributed by atoms with Crippen molar-refractivity contribution >= 4 is 21.6 Å². The third-order valence-electron chi connectivity index (χ3n) is 2.35. The van der Waals surface area contributed by atoms with Gasteiger partial charge in [0.15, 0.2) is 0 Å². The Morgan fingerprint density at radius 1 is 1.19 bits per heavy atom. The van der Waals surface area contributed by atoms with Crippen LogP contribution in [0.4, 0.5) is 5.69 Å². The van der Waals surface area contributed by atoms with Crippen molar-refractivity contribution in [3.05, 3.63) is 59.4 Å². The molecule has 0 saturated heterocycles. The van der Waals surface area contributed by atoms with Crippen molar-refractivity contribution in [2.24, 2.45) is 0 Å². The van der Waals surface area contributed by atoms with Gasteiger partial charge >= 0.3 is 0 Å². The van der Waals surface area contributed by atoms with Gasteiger partial charge < -0.3 is 9.64 Å². The molecule has 2 rings (SSSR count). The lowest BCUT2D eigenvalue weighted by Gasteiger charge is -2.24. The molecule has 1 aromatic rings. The van der Waals surface area contributed by atoms with Crippen molar-refractivity contribution in [2.45, 2.75) is 0 Å². The molecule has 0 N–H and O–H groups in total. The summed E-state index contributed by atoms with van der Waals surface area (Å²) in [6.45, 7) is 3.99. The fourth-order valence-electron chi connectivity index (χ4n) is 1.49. The monoisotopic (exact) mass is 277 g/mol. The Bertz CT molecular complexity index is 459. The summed E-state index contributed by atoms with van der Waals surface area (Å²) in [5.41, 5.74) is 2.00. The van der Waals surface area contributed by atoms with E-state index in [0.717, 1.165) is 21.6 Å². The molecule has 1 aliphatic heterocycles. The van der Waals surface area contributed by atoms with Gasteiger partial charge in [-0.3, -0.25) is 0 Å². The van der Waals surface area contributed by atoms with Crippen LogP contribution in [0.15, 0.2) is 59.4 Å². The topological polar surface area (TPSA) is 12.5 Å². The number of benzene rings is 1. The van der Waals surface area contributed by atoms with Crippen molar-refractivity contribution in [2.75, 3.05) is 12.0 Å². The van der Waals surface area contributed by atoms with Crippen molar-refractivity contribution in [1.29, 1.82) is 0 Å². The highest BCUT2D eigenvalue weighted by Crippen LogP contribution is 2.27. The zero-order chi connectivity index (χ0) is 11.5. The van der Waals surface area contributed by atoms with E-state index in [2.05, 4.69) is 22.5 Å². The van der Waals surface area contributed by atoms with Gasteiger partial charge in [-0.2, -0.15) is 0 Å². The van der Waals surface area contributed by atoms with Crippen molar-refractivity contribution in [3.8, 4) is 5.75 Å². The van der Waals surface area contributed by atoms with Gasteiger partial charge in [-0.25, -0.2) is 0 Å². The van der Waals surface area contributed by atoms with Gasteiger partial charge in [0, 0.05) is 22.1 Å². The zero-order valence-electron chi connectivity index (χ0n) is 8.98. The van der Waals surface area contributed by atoms with E-state index in [9.17, 15) is 0 Å². The average Bonchev–Trinajstić information content (AvgIpc) is 2.32. The molecular formula is C13H12BrNO. The second-order valence-corrected chi connectivity index (χ2v) is 4.32. The van der Waals surface area contributed by atoms with Crippen molar-refractivity contribution < 1.29 is 4.74 Å². The summed E-state index contributed by atoms with van der Waals surface area (Å²) in [6, 6.07) is 7.87. The molecule has 0 saturated carbocycles. The average molecular weight is 278 g/mol. The molecule has 0 bridgehead atoms. The third-order valence-corrected chi connectivity index (χ3v) is 2.82. The first kappa shape index (κ1) is 11.0. The molecule has 0 fully saturated rings. The molecule has 1 aromatic carbocycles. The van der Waals surface area contributed by atoms with Gasteiger partial charge in [0.2, 0.25) is 0 Å². The zero-order valence-corrected chi connectivity index (χ0v) is 10.6. The molecule has 1 aliphatic rings. The van der Waals surface area contributed by atoms with E-state index >= 15 is 0 Å². The normalized spacial score (nSPS) is 15.0. The Hall–Kier alpha value is -1.48. The maximum absolute atomic E-state index is 5.12. The summed E-state index contributed by atoms with van der Waals surface area (Å²) in [7, 11) is 1.66. The number of nitrogens with zero attached hydrogens (tertiary/aromatic N) is 1. The van der Waals surface area contributed by atoms with Crippen LogP contribution in [0, 0.1) is 0 Å². The fourth-order valence-corrected chi connectivity index (χ4v) is 1.83. The maximum Gasteiger partial charge on any atom is 0.119 e. The highest BCUT2D eigenvalue weighted by molar-refractivity contribution is 9.11. The van der Waals surface area contributed by atoms with Crippen LogP contribution in [-0.4, -0.2) is 7.11 Å². The first-order valence-electron chi connectivity index (χ1n) is 4.88. The molecule has 82 valence electrons. The lowest BCUT2D eigenvalue weighted by atomic mass is 10.2. The molecule has 0 amide bonds. The van der Waals surface area contributed by atoms with E-state index in [-0.39, 0.29) is 0 Å². The molecule has 2 nitrogen and oxygen atoms in total. The highest BCUT2D eigenvalue weighted by atomic mass is 79.9. The van der Waals surface area contributed by atoms with Crippen molar-refractivity contribution in [1.82, 2.24) is 0 Å². The van der Waals surface area contributed by atoms with Crippen LogP contribution in [0.2, 0.25) is 0 Å². The van der Waals surface area contributed by atoms with E-state index in [4.69, 9.17) is 4.74 Å². The van der Waals surface area contributed by atoms with Crippen molar-refractivity contribution in [3.63, 3.8) is 0 Å². The minimum absolute atomic E-state index is 0.852. The number of ether oxygens (including phenoxy) is 1. The Labute approximate surface area is 104 Å². The molecule has 3 heteroatoms. The number of halogens is 1. The minimum Gasteiger partial charge on any atom is -0.497 e. The summed E-state index contributed by atoms with van der Waals surface area (Å²) in [4.78, 5) is 2.02. The van der Waals surface area contributed by atoms with Gasteiger partial charge in [0.05, 0.1) is 7.11 Å². The van der Waals surface area contributed by atoms with E-state index in [1.807, 2.05) is 47.5 Å². The standard InChI is InChI=1S/C13H12BrNO/c1-10-3-4-11(14)9-15(10)12-5-7-13(16-2)8-6-12/h3-9H,1H2,2H3. The van der Waals surface area contributed by atoms with Gasteiger partial charge in [0.1, 0.15) is 5.75 Å². The quantitative estimate of drug-likeness (QED) is 0.815. The molecule has 0 radical (unpaired) electrons. The SMILES string of the molecule is C=C1C=CC(Br)=CN1c1ccc(OC)cc1. The predicted molar refractivity (Wildman–Crippen MR) is 70.8 cm³/mol. The Kier molecular flexibility index (Phi) is 3.15. The lowest BCUT2D eigenvalue weighted by molar-refractivity contribution is 0.415. The number of hydrogen-bond donors (Lipinski definition) is 0. The van der Waals surface area contributed by atoms with Gasteiger partial charge in [-0.1, -0.05) is 6.58 Å². The summed E-state index contributed by atoms with van der Waals surface area (Å²) in [5.74, 6) is 0.852. The summed E-state index contributed by atoms with van der Waals surface area (Å²) >= 11 is 3.45. The number of allylic oxidation sites excluding steroid dienone is 3. The highest BCUT2D eigenvalue weighted by Gasteiger charge is 2.09. The first-order valence-corrected chi connectivity index (χ1v) is 5.67. The van der Waals surface area contributed by atoms with E-state index in [1.165, 1.54) is 0 Å². The summed E-state index contributed by atoms with van der Waals surface area (Å²) in [6.07, 6.45) is 5.93. The van der Waals surface area contributed by atoms with Gasteiger partial charge in [-0.05, 0) is 52.3 Å². The van der Waals surface area contributed by atoms with E-state index < -0.39 is 0 Å². The molecule has 0 aliphatic carbocycles. The smallest absolute Gasteiger partial charge is 0.119 e. The summed E-state index contributed by atoms with van der Waals surface area (Å²) in [5, 5.41) is 0. The molecule has 0 unspecified atom stereocenters. The Morgan fingerprint density at radius 2 is 1.88 bits per heavy atom. The predicted octanol–water partition coefficient (Wildman–Crippen LogP) is 3.82.